The molecule has 0 spiro atoms. The van der Waals surface area contributed by atoms with Gasteiger partial charge >= 0.3 is 11.8 Å². The monoisotopic (exact) mass is 212 g/mol. The minimum Gasteiger partial charge on any atom is -0.368 e. The van der Waals surface area contributed by atoms with E-state index in [-0.39, 0.29) is 19.6 Å². The standard InChI is InChI=1S/C8H12N4O3/c1-2-12(5-6(10)13)8(15)7(14)11-4-3-9/h2,4-5H2,1H3,(H2,10,13)(H,11,14). The summed E-state index contributed by atoms with van der Waals surface area (Å²) in [5, 5.41) is 10.3. The number of hydrogen-bond acceptors (Lipinski definition) is 4. The molecule has 0 unspecified atom stereocenters. The van der Waals surface area contributed by atoms with Crippen molar-refractivity contribution in [3.05, 3.63) is 0 Å². The first-order valence-electron chi connectivity index (χ1n) is 4.25. The van der Waals surface area contributed by atoms with Crippen molar-refractivity contribution in [1.29, 1.82) is 5.26 Å². The zero-order chi connectivity index (χ0) is 11.8. The van der Waals surface area contributed by atoms with Gasteiger partial charge in [0.1, 0.15) is 6.54 Å². The van der Waals surface area contributed by atoms with Crippen LogP contribution in [0.5, 0.6) is 0 Å². The van der Waals surface area contributed by atoms with Crippen LogP contribution in [0.3, 0.4) is 0 Å². The van der Waals surface area contributed by atoms with Gasteiger partial charge in [0.2, 0.25) is 5.91 Å². The molecule has 3 amide bonds. The molecule has 7 nitrogen and oxygen atoms in total. The molecule has 82 valence electrons. The van der Waals surface area contributed by atoms with Crippen LogP contribution < -0.4 is 11.1 Å². The summed E-state index contributed by atoms with van der Waals surface area (Å²) in [5.41, 5.74) is 4.89. The Bertz CT molecular complexity index is 307. The van der Waals surface area contributed by atoms with Gasteiger partial charge in [0.05, 0.1) is 12.6 Å². The summed E-state index contributed by atoms with van der Waals surface area (Å²) in [6.07, 6.45) is 0. The van der Waals surface area contributed by atoms with E-state index in [9.17, 15) is 14.4 Å². The molecule has 0 saturated heterocycles. The molecule has 0 bridgehead atoms. The van der Waals surface area contributed by atoms with Crippen LogP contribution in [-0.2, 0) is 14.4 Å². The van der Waals surface area contributed by atoms with E-state index in [0.29, 0.717) is 0 Å². The average molecular weight is 212 g/mol. The molecule has 3 N–H and O–H groups in total. The Morgan fingerprint density at radius 3 is 2.47 bits per heavy atom. The molecule has 0 fully saturated rings. The number of nitrogens with one attached hydrogen (secondary N) is 1. The molecule has 0 atom stereocenters. The number of nitrogens with two attached hydrogens (primary N) is 1. The van der Waals surface area contributed by atoms with Crippen molar-refractivity contribution in [2.75, 3.05) is 19.6 Å². The first-order valence-corrected chi connectivity index (χ1v) is 4.25. The molecule has 0 aromatic carbocycles. The molecular formula is C8H12N4O3. The van der Waals surface area contributed by atoms with Gasteiger partial charge in [-0.2, -0.15) is 5.26 Å². The Hall–Kier alpha value is -2.10. The van der Waals surface area contributed by atoms with E-state index in [1.807, 2.05) is 0 Å². The molecule has 0 aliphatic carbocycles. The number of rotatable bonds is 4. The fraction of sp³-hybridized carbons (Fsp3) is 0.500. The molecule has 0 rings (SSSR count). The minimum absolute atomic E-state index is 0.196. The normalized spacial score (nSPS) is 8.80. The van der Waals surface area contributed by atoms with Gasteiger partial charge in [-0.1, -0.05) is 0 Å². The predicted molar refractivity (Wildman–Crippen MR) is 50.1 cm³/mol. The largest absolute Gasteiger partial charge is 0.368 e. The van der Waals surface area contributed by atoms with Crippen LogP contribution in [0.2, 0.25) is 0 Å². The molecule has 0 heterocycles. The van der Waals surface area contributed by atoms with Crippen LogP contribution >= 0.6 is 0 Å². The highest BCUT2D eigenvalue weighted by Gasteiger charge is 2.21. The highest BCUT2D eigenvalue weighted by Crippen LogP contribution is 1.89. The maximum absolute atomic E-state index is 11.3. The third kappa shape index (κ3) is 4.61. The average Bonchev–Trinajstić information content (AvgIpc) is 2.21. The van der Waals surface area contributed by atoms with Crippen molar-refractivity contribution >= 4 is 17.7 Å². The lowest BCUT2D eigenvalue weighted by Crippen LogP contribution is -2.46. The summed E-state index contributed by atoms with van der Waals surface area (Å²) in [5.74, 6) is -2.48. The fourth-order valence-electron chi connectivity index (χ4n) is 0.854. The first-order chi connectivity index (χ1) is 7.02. The van der Waals surface area contributed by atoms with Gasteiger partial charge in [0.15, 0.2) is 0 Å². The van der Waals surface area contributed by atoms with Gasteiger partial charge in [-0.15, -0.1) is 0 Å². The van der Waals surface area contributed by atoms with Gasteiger partial charge in [0.25, 0.3) is 0 Å². The van der Waals surface area contributed by atoms with Gasteiger partial charge < -0.3 is 16.0 Å². The van der Waals surface area contributed by atoms with Crippen molar-refractivity contribution in [2.45, 2.75) is 6.92 Å². The smallest absolute Gasteiger partial charge is 0.312 e. The van der Waals surface area contributed by atoms with Crippen molar-refractivity contribution in [1.82, 2.24) is 10.2 Å². The first kappa shape index (κ1) is 12.9. The maximum Gasteiger partial charge on any atom is 0.312 e. The van der Waals surface area contributed by atoms with Crippen molar-refractivity contribution in [3.63, 3.8) is 0 Å². The van der Waals surface area contributed by atoms with Gasteiger partial charge in [-0.3, -0.25) is 14.4 Å². The maximum atomic E-state index is 11.3. The third-order valence-electron chi connectivity index (χ3n) is 1.54. The lowest BCUT2D eigenvalue weighted by Gasteiger charge is -2.17. The number of nitriles is 1. The molecule has 15 heavy (non-hydrogen) atoms. The van der Waals surface area contributed by atoms with Gasteiger partial charge in [-0.05, 0) is 6.92 Å². The number of amides is 3. The minimum atomic E-state index is -0.917. The second-order valence-corrected chi connectivity index (χ2v) is 2.63. The second-order valence-electron chi connectivity index (χ2n) is 2.63. The SMILES string of the molecule is CCN(CC(N)=O)C(=O)C(=O)NCC#N. The van der Waals surface area contributed by atoms with Crippen LogP contribution in [0.25, 0.3) is 0 Å². The van der Waals surface area contributed by atoms with Crippen LogP contribution in [0, 0.1) is 11.3 Å². The van der Waals surface area contributed by atoms with E-state index in [4.69, 9.17) is 11.0 Å². The van der Waals surface area contributed by atoms with Crippen LogP contribution in [0.4, 0.5) is 0 Å². The van der Waals surface area contributed by atoms with Crippen LogP contribution in [0.15, 0.2) is 0 Å². The quantitative estimate of drug-likeness (QED) is 0.412. The summed E-state index contributed by atoms with van der Waals surface area (Å²) in [4.78, 5) is 33.9. The lowest BCUT2D eigenvalue weighted by atomic mass is 10.4. The number of likely N-dealkylation sites (N-methyl/N-ethyl adjacent to an activating group) is 1. The Labute approximate surface area is 86.8 Å². The number of primary amides is 1. The lowest BCUT2D eigenvalue weighted by molar-refractivity contribution is -0.146. The van der Waals surface area contributed by atoms with E-state index in [0.717, 1.165) is 4.90 Å². The Morgan fingerprint density at radius 1 is 1.47 bits per heavy atom. The van der Waals surface area contributed by atoms with Crippen LogP contribution in [-0.4, -0.2) is 42.3 Å². The molecule has 0 radical (unpaired) electrons. The summed E-state index contributed by atoms with van der Waals surface area (Å²) in [7, 11) is 0. The molecule has 0 saturated carbocycles. The van der Waals surface area contributed by atoms with Crippen LogP contribution in [0.1, 0.15) is 6.92 Å². The number of carbonyl (C=O) groups excluding carboxylic acids is 3. The zero-order valence-electron chi connectivity index (χ0n) is 8.32. The highest BCUT2D eigenvalue weighted by molar-refractivity contribution is 6.35. The van der Waals surface area contributed by atoms with E-state index in [1.54, 1.807) is 13.0 Å². The van der Waals surface area contributed by atoms with Gasteiger partial charge in [0, 0.05) is 6.54 Å². The second kappa shape index (κ2) is 6.37. The number of hydrogen-bond donors (Lipinski definition) is 2. The van der Waals surface area contributed by atoms with Crippen molar-refractivity contribution < 1.29 is 14.4 Å². The fourth-order valence-corrected chi connectivity index (χ4v) is 0.854. The van der Waals surface area contributed by atoms with Crippen molar-refractivity contribution in [3.8, 4) is 6.07 Å². The Balaban J connectivity index is 4.32. The molecule has 0 aliphatic rings. The Morgan fingerprint density at radius 2 is 2.07 bits per heavy atom. The molecule has 0 aromatic rings. The molecular weight excluding hydrogens is 200 g/mol. The van der Waals surface area contributed by atoms with E-state index in [2.05, 4.69) is 5.32 Å². The summed E-state index contributed by atoms with van der Waals surface area (Å²) < 4.78 is 0. The molecule has 0 aliphatic heterocycles. The topological polar surface area (TPSA) is 116 Å². The van der Waals surface area contributed by atoms with Gasteiger partial charge in [-0.25, -0.2) is 0 Å². The number of nitrogens with zero attached hydrogens (tertiary/aromatic N) is 2. The van der Waals surface area contributed by atoms with Crippen molar-refractivity contribution in [2.24, 2.45) is 5.73 Å². The highest BCUT2D eigenvalue weighted by atomic mass is 16.2. The van der Waals surface area contributed by atoms with E-state index >= 15 is 0 Å². The third-order valence-corrected chi connectivity index (χ3v) is 1.54. The molecule has 0 aromatic heterocycles. The zero-order valence-corrected chi connectivity index (χ0v) is 8.32. The van der Waals surface area contributed by atoms with E-state index < -0.39 is 17.7 Å². The number of carbonyl (C=O) groups is 3. The van der Waals surface area contributed by atoms with E-state index in [1.165, 1.54) is 0 Å². The summed E-state index contributed by atoms with van der Waals surface area (Å²) >= 11 is 0. The summed E-state index contributed by atoms with van der Waals surface area (Å²) in [6, 6.07) is 1.66. The summed E-state index contributed by atoms with van der Waals surface area (Å²) in [6.45, 7) is 1.24. The Kier molecular flexibility index (Phi) is 5.48. The predicted octanol–water partition coefficient (Wildman–Crippen LogP) is -2.04. The molecule has 7 heteroatoms.